The van der Waals surface area contributed by atoms with Gasteiger partial charge in [0.1, 0.15) is 17.4 Å². The van der Waals surface area contributed by atoms with Gasteiger partial charge < -0.3 is 4.57 Å². The molecule has 2 heterocycles. The van der Waals surface area contributed by atoms with E-state index in [1.165, 1.54) is 0 Å². The summed E-state index contributed by atoms with van der Waals surface area (Å²) in [5.41, 5.74) is 1.30. The van der Waals surface area contributed by atoms with E-state index in [2.05, 4.69) is 45.4 Å². The molecule has 0 N–H and O–H groups in total. The molecule has 0 aromatic carbocycles. The second kappa shape index (κ2) is 3.67. The summed E-state index contributed by atoms with van der Waals surface area (Å²) in [6.07, 6.45) is 1.99. The summed E-state index contributed by atoms with van der Waals surface area (Å²) < 4.78 is 2.98. The van der Waals surface area contributed by atoms with E-state index in [1.807, 2.05) is 12.3 Å². The van der Waals surface area contributed by atoms with E-state index in [0.717, 1.165) is 15.5 Å². The Morgan fingerprint density at radius 1 is 1.53 bits per heavy atom. The van der Waals surface area contributed by atoms with Gasteiger partial charge in [-0.1, -0.05) is 0 Å². The third-order valence-corrected chi connectivity index (χ3v) is 2.96. The van der Waals surface area contributed by atoms with E-state index in [-0.39, 0.29) is 0 Å². The van der Waals surface area contributed by atoms with Crippen LogP contribution in [0, 0.1) is 11.3 Å². The average Bonchev–Trinajstić information content (AvgIpc) is 2.61. The van der Waals surface area contributed by atoms with Crippen LogP contribution in [0.2, 0.25) is 0 Å². The molecule has 2 aromatic heterocycles. The van der Waals surface area contributed by atoms with Crippen molar-refractivity contribution >= 4 is 27.0 Å². The number of pyridine rings is 1. The highest BCUT2D eigenvalue weighted by Crippen LogP contribution is 2.26. The number of aromatic nitrogens is 2. The summed E-state index contributed by atoms with van der Waals surface area (Å²) >= 11 is 3.45. The third-order valence-electron chi connectivity index (χ3n) is 2.31. The first-order chi connectivity index (χ1) is 7.13. The van der Waals surface area contributed by atoms with Gasteiger partial charge in [0.05, 0.1) is 0 Å². The molecular formula is C11H10BrN3. The topological polar surface area (TPSA) is 41.6 Å². The summed E-state index contributed by atoms with van der Waals surface area (Å²) in [6, 6.07) is 6.16. The van der Waals surface area contributed by atoms with Crippen molar-refractivity contribution in [2.45, 2.75) is 19.9 Å². The Kier molecular flexibility index (Phi) is 2.49. The standard InChI is InChI=1S/C11H10BrN3/c1-7(2)15-4-3-9-10(12)5-8(6-13)14-11(9)15/h3-5,7H,1-2H3. The van der Waals surface area contributed by atoms with E-state index in [4.69, 9.17) is 5.26 Å². The fourth-order valence-electron chi connectivity index (χ4n) is 1.56. The first-order valence-corrected chi connectivity index (χ1v) is 5.50. The Morgan fingerprint density at radius 2 is 2.27 bits per heavy atom. The SMILES string of the molecule is CC(C)n1ccc2c(Br)cc(C#N)nc21. The minimum Gasteiger partial charge on any atom is -0.330 e. The number of nitriles is 1. The van der Waals surface area contributed by atoms with E-state index in [1.54, 1.807) is 6.07 Å². The van der Waals surface area contributed by atoms with E-state index in [9.17, 15) is 0 Å². The van der Waals surface area contributed by atoms with Crippen molar-refractivity contribution in [3.8, 4) is 6.07 Å². The lowest BCUT2D eigenvalue weighted by molar-refractivity contribution is 0.618. The largest absolute Gasteiger partial charge is 0.330 e. The summed E-state index contributed by atoms with van der Waals surface area (Å²) in [7, 11) is 0. The highest BCUT2D eigenvalue weighted by atomic mass is 79.9. The molecule has 2 rings (SSSR count). The van der Waals surface area contributed by atoms with Gasteiger partial charge >= 0.3 is 0 Å². The van der Waals surface area contributed by atoms with Gasteiger partial charge in [0.2, 0.25) is 0 Å². The van der Waals surface area contributed by atoms with Gasteiger partial charge in [0.15, 0.2) is 0 Å². The predicted molar refractivity (Wildman–Crippen MR) is 62.5 cm³/mol. The molecule has 0 aliphatic heterocycles. The Morgan fingerprint density at radius 3 is 2.87 bits per heavy atom. The molecule has 0 bridgehead atoms. The zero-order valence-electron chi connectivity index (χ0n) is 8.53. The van der Waals surface area contributed by atoms with Gasteiger partial charge in [-0.25, -0.2) is 4.98 Å². The first-order valence-electron chi connectivity index (χ1n) is 4.70. The van der Waals surface area contributed by atoms with Gasteiger partial charge in [-0.3, -0.25) is 0 Å². The number of hydrogen-bond donors (Lipinski definition) is 0. The molecule has 0 radical (unpaired) electrons. The van der Waals surface area contributed by atoms with Crippen LogP contribution in [-0.4, -0.2) is 9.55 Å². The highest BCUT2D eigenvalue weighted by molar-refractivity contribution is 9.10. The molecule has 4 heteroatoms. The Hall–Kier alpha value is -1.34. The Labute approximate surface area is 96.5 Å². The number of halogens is 1. The maximum absolute atomic E-state index is 8.85. The molecule has 0 amide bonds. The summed E-state index contributed by atoms with van der Waals surface area (Å²) in [4.78, 5) is 4.31. The smallest absolute Gasteiger partial charge is 0.144 e. The molecule has 0 saturated heterocycles. The van der Waals surface area contributed by atoms with Crippen LogP contribution in [0.1, 0.15) is 25.6 Å². The quantitative estimate of drug-likeness (QED) is 0.793. The average molecular weight is 264 g/mol. The molecule has 3 nitrogen and oxygen atoms in total. The van der Waals surface area contributed by atoms with Crippen molar-refractivity contribution < 1.29 is 0 Å². The van der Waals surface area contributed by atoms with Gasteiger partial charge in [0, 0.05) is 22.1 Å². The molecule has 0 fully saturated rings. The van der Waals surface area contributed by atoms with Crippen molar-refractivity contribution in [1.82, 2.24) is 9.55 Å². The van der Waals surface area contributed by atoms with Crippen LogP contribution in [-0.2, 0) is 0 Å². The van der Waals surface area contributed by atoms with Crippen LogP contribution in [0.25, 0.3) is 11.0 Å². The van der Waals surface area contributed by atoms with Crippen molar-refractivity contribution in [1.29, 1.82) is 5.26 Å². The van der Waals surface area contributed by atoms with Crippen LogP contribution >= 0.6 is 15.9 Å². The van der Waals surface area contributed by atoms with Crippen LogP contribution in [0.5, 0.6) is 0 Å². The third kappa shape index (κ3) is 1.64. The monoisotopic (exact) mass is 263 g/mol. The molecule has 0 spiro atoms. The van der Waals surface area contributed by atoms with Gasteiger partial charge in [-0.05, 0) is 41.9 Å². The maximum atomic E-state index is 8.85. The molecule has 76 valence electrons. The van der Waals surface area contributed by atoms with Gasteiger partial charge in [-0.15, -0.1) is 0 Å². The number of hydrogen-bond acceptors (Lipinski definition) is 2. The van der Waals surface area contributed by atoms with Crippen molar-refractivity contribution in [2.24, 2.45) is 0 Å². The van der Waals surface area contributed by atoms with Crippen LogP contribution in [0.4, 0.5) is 0 Å². The minimum absolute atomic E-state index is 0.343. The fourth-order valence-corrected chi connectivity index (χ4v) is 2.09. The first kappa shape index (κ1) is 10.2. The van der Waals surface area contributed by atoms with Crippen LogP contribution in [0.15, 0.2) is 22.8 Å². The van der Waals surface area contributed by atoms with Crippen molar-refractivity contribution in [3.63, 3.8) is 0 Å². The second-order valence-electron chi connectivity index (χ2n) is 3.66. The lowest BCUT2D eigenvalue weighted by atomic mass is 10.3. The highest BCUT2D eigenvalue weighted by Gasteiger charge is 2.09. The zero-order valence-corrected chi connectivity index (χ0v) is 10.1. The number of rotatable bonds is 1. The van der Waals surface area contributed by atoms with E-state index >= 15 is 0 Å². The molecule has 0 unspecified atom stereocenters. The normalized spacial score (nSPS) is 10.9. The zero-order chi connectivity index (χ0) is 11.0. The van der Waals surface area contributed by atoms with Gasteiger partial charge in [0.25, 0.3) is 0 Å². The molecule has 0 saturated carbocycles. The maximum Gasteiger partial charge on any atom is 0.144 e. The molecule has 0 aliphatic carbocycles. The predicted octanol–water partition coefficient (Wildman–Crippen LogP) is 3.25. The Balaban J connectivity index is 2.80. The van der Waals surface area contributed by atoms with Crippen LogP contribution < -0.4 is 0 Å². The molecule has 2 aromatic rings. The molecular weight excluding hydrogens is 254 g/mol. The summed E-state index contributed by atoms with van der Waals surface area (Å²) in [6.45, 7) is 4.18. The fraction of sp³-hybridized carbons (Fsp3) is 0.273. The van der Waals surface area contributed by atoms with E-state index < -0.39 is 0 Å². The van der Waals surface area contributed by atoms with Crippen molar-refractivity contribution in [3.05, 3.63) is 28.5 Å². The molecule has 15 heavy (non-hydrogen) atoms. The van der Waals surface area contributed by atoms with Crippen molar-refractivity contribution in [2.75, 3.05) is 0 Å². The molecule has 0 atom stereocenters. The molecule has 0 aliphatic rings. The van der Waals surface area contributed by atoms with Gasteiger partial charge in [-0.2, -0.15) is 5.26 Å². The van der Waals surface area contributed by atoms with E-state index in [0.29, 0.717) is 11.7 Å². The number of fused-ring (bicyclic) bond motifs is 1. The Bertz CT molecular complexity index is 549. The lowest BCUT2D eigenvalue weighted by Gasteiger charge is -2.08. The van der Waals surface area contributed by atoms with Crippen LogP contribution in [0.3, 0.4) is 0 Å². The second-order valence-corrected chi connectivity index (χ2v) is 4.51. The summed E-state index contributed by atoms with van der Waals surface area (Å²) in [5.74, 6) is 0. The lowest BCUT2D eigenvalue weighted by Crippen LogP contribution is -2.00. The number of nitrogens with zero attached hydrogens (tertiary/aromatic N) is 3. The minimum atomic E-state index is 0.343. The summed E-state index contributed by atoms with van der Waals surface area (Å²) in [5, 5.41) is 9.89.